The first-order valence-electron chi connectivity index (χ1n) is 7.12. The topological polar surface area (TPSA) is 26.0 Å². The smallest absolute Gasteiger partial charge is 0.124 e. The first kappa shape index (κ1) is 14.8. The van der Waals surface area contributed by atoms with E-state index in [0.29, 0.717) is 16.9 Å². The van der Waals surface area contributed by atoms with E-state index in [2.05, 4.69) is 13.8 Å². The Morgan fingerprint density at radius 2 is 2.21 bits per heavy atom. The number of rotatable bonds is 3. The highest BCUT2D eigenvalue weighted by Gasteiger charge is 2.34. The summed E-state index contributed by atoms with van der Waals surface area (Å²) in [6.07, 6.45) is 5.27. The van der Waals surface area contributed by atoms with Gasteiger partial charge in [0.05, 0.1) is 0 Å². The summed E-state index contributed by atoms with van der Waals surface area (Å²) in [5, 5.41) is 0.497. The summed E-state index contributed by atoms with van der Waals surface area (Å²) in [5.74, 6) is 1.08. The van der Waals surface area contributed by atoms with E-state index in [9.17, 15) is 4.39 Å². The highest BCUT2D eigenvalue weighted by Crippen LogP contribution is 2.37. The average molecular weight is 284 g/mol. The summed E-state index contributed by atoms with van der Waals surface area (Å²) < 4.78 is 13.1. The lowest BCUT2D eigenvalue weighted by Crippen LogP contribution is -2.47. The lowest BCUT2D eigenvalue weighted by Gasteiger charge is -2.40. The van der Waals surface area contributed by atoms with Gasteiger partial charge in [0.25, 0.3) is 0 Å². The molecule has 0 saturated heterocycles. The second-order valence-corrected chi connectivity index (χ2v) is 6.78. The minimum atomic E-state index is -0.288. The predicted octanol–water partition coefficient (Wildman–Crippen LogP) is 4.57. The third kappa shape index (κ3) is 3.70. The molecule has 1 nitrogen and oxygen atoms in total. The second-order valence-electron chi connectivity index (χ2n) is 6.38. The first-order valence-corrected chi connectivity index (χ1v) is 7.50. The molecular weight excluding hydrogens is 261 g/mol. The van der Waals surface area contributed by atoms with E-state index in [0.717, 1.165) is 24.8 Å². The van der Waals surface area contributed by atoms with Gasteiger partial charge in [0, 0.05) is 10.6 Å². The van der Waals surface area contributed by atoms with Gasteiger partial charge in [-0.2, -0.15) is 0 Å². The zero-order chi connectivity index (χ0) is 14.0. The summed E-state index contributed by atoms with van der Waals surface area (Å²) >= 11 is 6.11. The van der Waals surface area contributed by atoms with Crippen molar-refractivity contribution >= 4 is 11.6 Å². The molecule has 0 amide bonds. The number of nitrogens with two attached hydrogens (primary N) is 1. The molecule has 0 radical (unpaired) electrons. The molecule has 1 aliphatic rings. The van der Waals surface area contributed by atoms with Crippen LogP contribution in [-0.4, -0.2) is 5.54 Å². The lowest BCUT2D eigenvalue weighted by molar-refractivity contribution is 0.182. The van der Waals surface area contributed by atoms with E-state index in [1.54, 1.807) is 6.07 Å². The maximum Gasteiger partial charge on any atom is 0.124 e. The predicted molar refractivity (Wildman–Crippen MR) is 78.8 cm³/mol. The number of hydrogen-bond acceptors (Lipinski definition) is 1. The molecule has 1 saturated carbocycles. The summed E-state index contributed by atoms with van der Waals surface area (Å²) in [6, 6.07) is 4.61. The van der Waals surface area contributed by atoms with Crippen molar-refractivity contribution in [2.75, 3.05) is 0 Å². The fourth-order valence-electron chi connectivity index (χ4n) is 3.22. The largest absolute Gasteiger partial charge is 0.325 e. The third-order valence-corrected chi connectivity index (χ3v) is 4.77. The third-order valence-electron chi connectivity index (χ3n) is 4.42. The van der Waals surface area contributed by atoms with Crippen LogP contribution in [0.5, 0.6) is 0 Å². The maximum atomic E-state index is 13.1. The van der Waals surface area contributed by atoms with Crippen LogP contribution in [0.3, 0.4) is 0 Å². The van der Waals surface area contributed by atoms with Gasteiger partial charge in [-0.05, 0) is 48.8 Å². The fraction of sp³-hybridized carbons (Fsp3) is 0.625. The molecule has 0 bridgehead atoms. The SMILES string of the molecule is CC(C)C1CCCC(N)(Cc2ccc(F)cc2Cl)C1. The molecule has 0 heterocycles. The van der Waals surface area contributed by atoms with Crippen molar-refractivity contribution in [1.82, 2.24) is 0 Å². The van der Waals surface area contributed by atoms with Crippen molar-refractivity contribution in [3.63, 3.8) is 0 Å². The molecule has 106 valence electrons. The van der Waals surface area contributed by atoms with Crippen molar-refractivity contribution in [1.29, 1.82) is 0 Å². The first-order chi connectivity index (χ1) is 8.89. The van der Waals surface area contributed by atoms with Crippen LogP contribution in [-0.2, 0) is 6.42 Å². The molecule has 3 heteroatoms. The quantitative estimate of drug-likeness (QED) is 0.864. The molecule has 2 atom stereocenters. The van der Waals surface area contributed by atoms with Crippen LogP contribution in [0, 0.1) is 17.7 Å². The van der Waals surface area contributed by atoms with Gasteiger partial charge in [-0.3, -0.25) is 0 Å². The van der Waals surface area contributed by atoms with Crippen LogP contribution < -0.4 is 5.73 Å². The van der Waals surface area contributed by atoms with Crippen LogP contribution in [0.25, 0.3) is 0 Å². The van der Waals surface area contributed by atoms with Gasteiger partial charge < -0.3 is 5.73 Å². The summed E-state index contributed by atoms with van der Waals surface area (Å²) in [5.41, 5.74) is 7.36. The van der Waals surface area contributed by atoms with E-state index in [4.69, 9.17) is 17.3 Å². The molecule has 2 N–H and O–H groups in total. The maximum absolute atomic E-state index is 13.1. The van der Waals surface area contributed by atoms with E-state index >= 15 is 0 Å². The zero-order valence-corrected chi connectivity index (χ0v) is 12.5. The number of halogens is 2. The standard InChI is InChI=1S/C16H23ClFN/c1-11(2)12-4-3-7-16(19,9-12)10-13-5-6-14(18)8-15(13)17/h5-6,8,11-12H,3-4,7,9-10,19H2,1-2H3. The Hall–Kier alpha value is -0.600. The summed E-state index contributed by atoms with van der Waals surface area (Å²) in [7, 11) is 0. The Morgan fingerprint density at radius 1 is 1.47 bits per heavy atom. The van der Waals surface area contributed by atoms with Gasteiger partial charge in [-0.1, -0.05) is 44.4 Å². The number of benzene rings is 1. The molecule has 0 spiro atoms. The Balaban J connectivity index is 2.12. The van der Waals surface area contributed by atoms with E-state index < -0.39 is 0 Å². The van der Waals surface area contributed by atoms with Crippen LogP contribution >= 0.6 is 11.6 Å². The molecule has 19 heavy (non-hydrogen) atoms. The fourth-order valence-corrected chi connectivity index (χ4v) is 3.45. The molecule has 2 unspecified atom stereocenters. The van der Waals surface area contributed by atoms with Gasteiger partial charge >= 0.3 is 0 Å². The van der Waals surface area contributed by atoms with Crippen LogP contribution in [0.4, 0.5) is 4.39 Å². The van der Waals surface area contributed by atoms with Crippen molar-refractivity contribution in [2.45, 2.75) is 51.5 Å². The molecule has 2 rings (SSSR count). The Morgan fingerprint density at radius 3 is 2.84 bits per heavy atom. The monoisotopic (exact) mass is 283 g/mol. The van der Waals surface area contributed by atoms with E-state index in [1.165, 1.54) is 25.0 Å². The van der Waals surface area contributed by atoms with Gasteiger partial charge in [0.2, 0.25) is 0 Å². The van der Waals surface area contributed by atoms with E-state index in [1.807, 2.05) is 0 Å². The molecular formula is C16H23ClFN. The van der Waals surface area contributed by atoms with Crippen LogP contribution in [0.2, 0.25) is 5.02 Å². The van der Waals surface area contributed by atoms with Crippen LogP contribution in [0.15, 0.2) is 18.2 Å². The lowest BCUT2D eigenvalue weighted by atomic mass is 9.70. The van der Waals surface area contributed by atoms with Gasteiger partial charge in [0.15, 0.2) is 0 Å². The zero-order valence-electron chi connectivity index (χ0n) is 11.8. The Kier molecular flexibility index (Phi) is 4.52. The van der Waals surface area contributed by atoms with Crippen molar-refractivity contribution in [2.24, 2.45) is 17.6 Å². The minimum Gasteiger partial charge on any atom is -0.325 e. The highest BCUT2D eigenvalue weighted by molar-refractivity contribution is 6.31. The number of hydrogen-bond donors (Lipinski definition) is 1. The van der Waals surface area contributed by atoms with Crippen LogP contribution in [0.1, 0.15) is 45.1 Å². The molecule has 0 aromatic heterocycles. The highest BCUT2D eigenvalue weighted by atomic mass is 35.5. The van der Waals surface area contributed by atoms with Gasteiger partial charge in [-0.15, -0.1) is 0 Å². The van der Waals surface area contributed by atoms with Gasteiger partial charge in [0.1, 0.15) is 5.82 Å². The molecule has 1 aromatic carbocycles. The summed E-state index contributed by atoms with van der Waals surface area (Å²) in [4.78, 5) is 0. The molecule has 1 aliphatic carbocycles. The Bertz CT molecular complexity index is 446. The normalized spacial score (nSPS) is 27.8. The molecule has 0 aliphatic heterocycles. The second kappa shape index (κ2) is 5.80. The molecule has 1 fully saturated rings. The van der Waals surface area contributed by atoms with Crippen molar-refractivity contribution < 1.29 is 4.39 Å². The van der Waals surface area contributed by atoms with Gasteiger partial charge in [-0.25, -0.2) is 4.39 Å². The minimum absolute atomic E-state index is 0.186. The summed E-state index contributed by atoms with van der Waals surface area (Å²) in [6.45, 7) is 4.53. The van der Waals surface area contributed by atoms with Crippen molar-refractivity contribution in [3.8, 4) is 0 Å². The molecule has 1 aromatic rings. The van der Waals surface area contributed by atoms with Crippen molar-refractivity contribution in [3.05, 3.63) is 34.6 Å². The van der Waals surface area contributed by atoms with E-state index in [-0.39, 0.29) is 11.4 Å². The average Bonchev–Trinajstić information content (AvgIpc) is 2.33. The Labute approximate surface area is 120 Å².